The highest BCUT2D eigenvalue weighted by Crippen LogP contribution is 2.23. The van der Waals surface area contributed by atoms with Crippen molar-refractivity contribution in [3.63, 3.8) is 0 Å². The van der Waals surface area contributed by atoms with E-state index in [0.717, 1.165) is 16.9 Å². The van der Waals surface area contributed by atoms with Crippen LogP contribution in [-0.2, 0) is 4.74 Å². The number of ether oxygens (including phenoxy) is 1. The molecule has 1 aliphatic rings. The lowest BCUT2D eigenvalue weighted by Crippen LogP contribution is -2.46. The molecule has 0 aromatic carbocycles. The van der Waals surface area contributed by atoms with E-state index < -0.39 is 0 Å². The van der Waals surface area contributed by atoms with E-state index in [1.807, 2.05) is 19.9 Å². The maximum absolute atomic E-state index is 12.3. The molecule has 1 fully saturated rings. The molecule has 108 valence electrons. The van der Waals surface area contributed by atoms with Crippen molar-refractivity contribution in [3.8, 4) is 11.8 Å². The van der Waals surface area contributed by atoms with Crippen LogP contribution in [0.5, 0.6) is 0 Å². The number of nitrogens with one attached hydrogen (secondary N) is 1. The third kappa shape index (κ3) is 3.60. The van der Waals surface area contributed by atoms with Gasteiger partial charge in [-0.25, -0.2) is 0 Å². The highest BCUT2D eigenvalue weighted by atomic mass is 32.1. The first kappa shape index (κ1) is 15.0. The number of aliphatic hydroxyl groups is 1. The van der Waals surface area contributed by atoms with Gasteiger partial charge in [-0.15, -0.1) is 11.3 Å². The van der Waals surface area contributed by atoms with Crippen molar-refractivity contribution >= 4 is 17.2 Å². The molecule has 0 bridgehead atoms. The summed E-state index contributed by atoms with van der Waals surface area (Å²) in [4.78, 5) is 13.8. The minimum Gasteiger partial charge on any atom is -0.395 e. The van der Waals surface area contributed by atoms with E-state index >= 15 is 0 Å². The Morgan fingerprint density at radius 3 is 3.10 bits per heavy atom. The lowest BCUT2D eigenvalue weighted by molar-refractivity contribution is 0.0894. The van der Waals surface area contributed by atoms with Crippen LogP contribution in [0.3, 0.4) is 0 Å². The Morgan fingerprint density at radius 2 is 2.45 bits per heavy atom. The molecule has 1 atom stereocenters. The fourth-order valence-electron chi connectivity index (χ4n) is 2.02. The number of hydrogen-bond acceptors (Lipinski definition) is 4. The summed E-state index contributed by atoms with van der Waals surface area (Å²) < 4.78 is 5.33. The van der Waals surface area contributed by atoms with Crippen molar-refractivity contribution in [2.75, 3.05) is 19.8 Å². The zero-order valence-corrected chi connectivity index (χ0v) is 12.6. The van der Waals surface area contributed by atoms with Gasteiger partial charge in [0.2, 0.25) is 0 Å². The van der Waals surface area contributed by atoms with Crippen LogP contribution in [-0.4, -0.2) is 36.4 Å². The molecule has 1 aromatic heterocycles. The summed E-state index contributed by atoms with van der Waals surface area (Å²) in [6.07, 6.45) is 1.29. The van der Waals surface area contributed by atoms with Crippen LogP contribution in [0.15, 0.2) is 6.07 Å². The minimum absolute atomic E-state index is 0.0587. The van der Waals surface area contributed by atoms with E-state index in [1.165, 1.54) is 11.3 Å². The van der Waals surface area contributed by atoms with E-state index in [4.69, 9.17) is 9.84 Å². The zero-order chi connectivity index (χ0) is 14.6. The number of amides is 1. The lowest BCUT2D eigenvalue weighted by Gasteiger charge is -2.22. The van der Waals surface area contributed by atoms with Crippen LogP contribution in [0.25, 0.3) is 0 Å². The number of carbonyl (C=O) groups excluding carboxylic acids is 1. The predicted octanol–water partition coefficient (Wildman–Crippen LogP) is 1.70. The summed E-state index contributed by atoms with van der Waals surface area (Å²) in [6, 6.07) is 1.86. The summed E-state index contributed by atoms with van der Waals surface area (Å²) in [5.41, 5.74) is 0.732. The van der Waals surface area contributed by atoms with Gasteiger partial charge in [-0.2, -0.15) is 0 Å². The molecule has 1 amide bonds. The minimum atomic E-state index is -0.266. The van der Waals surface area contributed by atoms with Crippen molar-refractivity contribution in [2.45, 2.75) is 32.2 Å². The van der Waals surface area contributed by atoms with Gasteiger partial charge in [0.25, 0.3) is 5.91 Å². The molecule has 2 heterocycles. The quantitative estimate of drug-likeness (QED) is 0.834. The van der Waals surface area contributed by atoms with Crippen LogP contribution in [0.2, 0.25) is 0 Å². The Hall–Kier alpha value is -1.35. The molecule has 0 saturated carbocycles. The molecule has 20 heavy (non-hydrogen) atoms. The Bertz CT molecular complexity index is 547. The van der Waals surface area contributed by atoms with Gasteiger partial charge in [-0.1, -0.05) is 11.8 Å². The van der Waals surface area contributed by atoms with E-state index in [1.54, 1.807) is 0 Å². The molecule has 5 heteroatoms. The second kappa shape index (κ2) is 6.40. The second-order valence-electron chi connectivity index (χ2n) is 5.22. The molecule has 1 unspecified atom stereocenters. The second-order valence-corrected chi connectivity index (χ2v) is 6.27. The van der Waals surface area contributed by atoms with Crippen LogP contribution < -0.4 is 5.32 Å². The summed E-state index contributed by atoms with van der Waals surface area (Å²) >= 11 is 1.39. The maximum atomic E-state index is 12.3. The number of carbonyl (C=O) groups is 1. The largest absolute Gasteiger partial charge is 0.395 e. The number of thiophene rings is 1. The van der Waals surface area contributed by atoms with Gasteiger partial charge in [-0.3, -0.25) is 4.79 Å². The Morgan fingerprint density at radius 1 is 1.65 bits per heavy atom. The van der Waals surface area contributed by atoms with Crippen molar-refractivity contribution < 1.29 is 14.6 Å². The molecule has 4 nitrogen and oxygen atoms in total. The van der Waals surface area contributed by atoms with Gasteiger partial charge >= 0.3 is 0 Å². The van der Waals surface area contributed by atoms with Crippen molar-refractivity contribution in [1.82, 2.24) is 5.32 Å². The Balaban J connectivity index is 2.07. The normalized spacial score (nSPS) is 21.4. The van der Waals surface area contributed by atoms with E-state index in [9.17, 15) is 4.79 Å². The van der Waals surface area contributed by atoms with E-state index in [-0.39, 0.29) is 18.1 Å². The third-order valence-electron chi connectivity index (χ3n) is 3.21. The van der Waals surface area contributed by atoms with Crippen molar-refractivity contribution in [2.24, 2.45) is 0 Å². The van der Waals surface area contributed by atoms with E-state index in [2.05, 4.69) is 17.2 Å². The van der Waals surface area contributed by atoms with Gasteiger partial charge < -0.3 is 15.2 Å². The highest BCUT2D eigenvalue weighted by molar-refractivity contribution is 7.14. The molecule has 0 radical (unpaired) electrons. The SMILES string of the molecule is Cc1cc(C(=O)NC2(C)CCOC2)sc1C#CCCO. The highest BCUT2D eigenvalue weighted by Gasteiger charge is 2.31. The number of aliphatic hydroxyl groups excluding tert-OH is 1. The fraction of sp³-hybridized carbons (Fsp3) is 0.533. The van der Waals surface area contributed by atoms with Crippen LogP contribution >= 0.6 is 11.3 Å². The zero-order valence-electron chi connectivity index (χ0n) is 11.8. The summed E-state index contributed by atoms with van der Waals surface area (Å²) in [5, 5.41) is 11.8. The van der Waals surface area contributed by atoms with E-state index in [0.29, 0.717) is 24.5 Å². The standard InChI is InChI=1S/C15H19NO3S/c1-11-9-13(20-12(11)5-3-4-7-17)14(18)16-15(2)6-8-19-10-15/h9,17H,4,6-8,10H2,1-2H3,(H,16,18). The smallest absolute Gasteiger partial charge is 0.261 e. The summed E-state index contributed by atoms with van der Waals surface area (Å²) in [6.45, 7) is 5.25. The topological polar surface area (TPSA) is 58.6 Å². The van der Waals surface area contributed by atoms with Crippen molar-refractivity contribution in [3.05, 3.63) is 21.4 Å². The molecule has 1 aliphatic heterocycles. The molecule has 1 aromatic rings. The van der Waals surface area contributed by atoms with Crippen LogP contribution in [0, 0.1) is 18.8 Å². The molecular formula is C15H19NO3S. The van der Waals surface area contributed by atoms with Gasteiger partial charge in [0.05, 0.1) is 28.5 Å². The van der Waals surface area contributed by atoms with Gasteiger partial charge in [0, 0.05) is 13.0 Å². The first-order valence-electron chi connectivity index (χ1n) is 6.64. The first-order valence-corrected chi connectivity index (χ1v) is 7.46. The molecule has 0 aliphatic carbocycles. The average Bonchev–Trinajstić information content (AvgIpc) is 2.97. The fourth-order valence-corrected chi connectivity index (χ4v) is 2.96. The maximum Gasteiger partial charge on any atom is 0.261 e. The van der Waals surface area contributed by atoms with Gasteiger partial charge in [0.15, 0.2) is 0 Å². The van der Waals surface area contributed by atoms with Gasteiger partial charge in [0.1, 0.15) is 0 Å². The molecular weight excluding hydrogens is 274 g/mol. The average molecular weight is 293 g/mol. The molecule has 1 saturated heterocycles. The summed E-state index contributed by atoms with van der Waals surface area (Å²) in [7, 11) is 0. The first-order chi connectivity index (χ1) is 9.54. The lowest BCUT2D eigenvalue weighted by atomic mass is 10.0. The third-order valence-corrected chi connectivity index (χ3v) is 4.37. The Labute approximate surface area is 123 Å². The van der Waals surface area contributed by atoms with Crippen LogP contribution in [0.1, 0.15) is 39.9 Å². The van der Waals surface area contributed by atoms with Crippen LogP contribution in [0.4, 0.5) is 0 Å². The predicted molar refractivity (Wildman–Crippen MR) is 78.9 cm³/mol. The molecule has 0 spiro atoms. The van der Waals surface area contributed by atoms with Crippen molar-refractivity contribution in [1.29, 1.82) is 0 Å². The number of rotatable bonds is 3. The Kier molecular flexibility index (Phi) is 4.81. The monoisotopic (exact) mass is 293 g/mol. The number of hydrogen-bond donors (Lipinski definition) is 2. The van der Waals surface area contributed by atoms with Gasteiger partial charge in [-0.05, 0) is 31.9 Å². The number of aryl methyl sites for hydroxylation is 1. The molecule has 2 rings (SSSR count). The summed E-state index contributed by atoms with van der Waals surface area (Å²) in [5.74, 6) is 5.81. The molecule has 2 N–H and O–H groups in total.